The molecule has 1 unspecified atom stereocenters. The van der Waals surface area contributed by atoms with Crippen molar-refractivity contribution in [3.05, 3.63) is 98.4 Å². The average Bonchev–Trinajstić information content (AvgIpc) is 3.54. The molecule has 3 saturated heterocycles. The molecule has 2 aromatic carbocycles. The number of piperazine rings is 1. The first-order valence-electron chi connectivity index (χ1n) is 20.3. The Bertz CT molecular complexity index is 2600. The quantitative estimate of drug-likeness (QED) is 0.111. The van der Waals surface area contributed by atoms with E-state index in [0.29, 0.717) is 102 Å². The van der Waals surface area contributed by atoms with Crippen LogP contribution in [0.15, 0.2) is 55.0 Å². The number of carbonyl (C=O) groups is 5. The number of imide groups is 2. The highest BCUT2D eigenvalue weighted by Gasteiger charge is 2.46. The lowest BCUT2D eigenvalue weighted by atomic mass is 9.93. The van der Waals surface area contributed by atoms with Crippen LogP contribution in [0.1, 0.15) is 81.7 Å². The van der Waals surface area contributed by atoms with Crippen molar-refractivity contribution in [1.82, 2.24) is 25.1 Å². The number of aromatic nitrogens is 2. The predicted molar refractivity (Wildman–Crippen MR) is 232 cm³/mol. The van der Waals surface area contributed by atoms with Gasteiger partial charge >= 0.3 is 0 Å². The number of nitriles is 1. The summed E-state index contributed by atoms with van der Waals surface area (Å²) in [4.78, 5) is 80.5. The van der Waals surface area contributed by atoms with Crippen molar-refractivity contribution in [2.75, 3.05) is 61.9 Å². The van der Waals surface area contributed by atoms with Gasteiger partial charge in [0.25, 0.3) is 11.8 Å². The van der Waals surface area contributed by atoms with Crippen LogP contribution in [0.4, 0.5) is 17.2 Å². The predicted octanol–water partition coefficient (Wildman–Crippen LogP) is 4.77. The van der Waals surface area contributed by atoms with Crippen molar-refractivity contribution in [2.24, 2.45) is 5.92 Å². The van der Waals surface area contributed by atoms with Crippen LogP contribution in [-0.4, -0.2) is 107 Å². The molecule has 0 radical (unpaired) electrons. The molecule has 5 amide bonds. The van der Waals surface area contributed by atoms with Gasteiger partial charge in [-0.1, -0.05) is 29.3 Å². The fourth-order valence-corrected chi connectivity index (χ4v) is 9.38. The summed E-state index contributed by atoms with van der Waals surface area (Å²) in [7, 11) is 1.47. The second kappa shape index (κ2) is 17.5. The van der Waals surface area contributed by atoms with Crippen LogP contribution in [0, 0.1) is 22.7 Å². The fraction of sp³-hybridized carbons (Fsp3) is 0.341. The number of benzene rings is 2. The van der Waals surface area contributed by atoms with E-state index >= 15 is 0 Å². The van der Waals surface area contributed by atoms with Crippen molar-refractivity contribution < 1.29 is 33.4 Å². The van der Waals surface area contributed by atoms with E-state index in [1.807, 2.05) is 14.7 Å². The number of hydrogen-bond acceptors (Lipinski definition) is 14. The van der Waals surface area contributed by atoms with Gasteiger partial charge in [-0.3, -0.25) is 44.6 Å². The van der Waals surface area contributed by atoms with E-state index in [1.54, 1.807) is 43.3 Å². The van der Waals surface area contributed by atoms with Gasteiger partial charge in [0, 0.05) is 98.6 Å². The van der Waals surface area contributed by atoms with E-state index in [0.717, 1.165) is 4.90 Å². The summed E-state index contributed by atoms with van der Waals surface area (Å²) < 4.78 is 11.8. The van der Waals surface area contributed by atoms with Crippen molar-refractivity contribution in [2.45, 2.75) is 44.8 Å². The van der Waals surface area contributed by atoms with Crippen LogP contribution in [0.25, 0.3) is 0 Å². The Hall–Kier alpha value is -6.77. The molecule has 2 atom stereocenters. The van der Waals surface area contributed by atoms with E-state index < -0.39 is 35.8 Å². The topological polar surface area (TPSA) is 228 Å². The van der Waals surface area contributed by atoms with Gasteiger partial charge in [-0.15, -0.1) is 0 Å². The monoisotopic (exact) mass is 892 g/mol. The normalized spacial score (nSPS) is 18.5. The van der Waals surface area contributed by atoms with Gasteiger partial charge in [0.05, 0.1) is 45.2 Å². The van der Waals surface area contributed by atoms with E-state index in [2.05, 4.69) is 21.4 Å². The molecule has 4 aromatic rings. The number of ether oxygens (including phenoxy) is 2. The maximum absolute atomic E-state index is 13.8. The Morgan fingerprint density at radius 3 is 2.33 bits per heavy atom. The molecule has 17 nitrogen and oxygen atoms in total. The Kier molecular flexibility index (Phi) is 11.9. The third-order valence-electron chi connectivity index (χ3n) is 12.0. The molecule has 4 aliphatic rings. The van der Waals surface area contributed by atoms with Gasteiger partial charge in [0.15, 0.2) is 11.5 Å². The lowest BCUT2D eigenvalue weighted by Crippen LogP contribution is -2.54. The molecule has 324 valence electrons. The van der Waals surface area contributed by atoms with Gasteiger partial charge in [-0.2, -0.15) is 5.26 Å². The minimum absolute atomic E-state index is 0.00980. The first-order valence-corrected chi connectivity index (χ1v) is 21.1. The molecular formula is C44H42Cl2N10O7. The smallest absolute Gasteiger partial charge is 0.264 e. The molecule has 3 fully saturated rings. The molecule has 4 N–H and O–H groups in total. The van der Waals surface area contributed by atoms with Crippen molar-refractivity contribution in [1.29, 1.82) is 10.7 Å². The second-order valence-electron chi connectivity index (χ2n) is 15.7. The molecule has 0 bridgehead atoms. The molecule has 2 aromatic heterocycles. The number of amides is 5. The van der Waals surface area contributed by atoms with E-state index in [-0.39, 0.29) is 52.8 Å². The van der Waals surface area contributed by atoms with Crippen molar-refractivity contribution in [3.8, 4) is 17.6 Å². The maximum atomic E-state index is 13.8. The number of fused-ring (bicyclic) bond motifs is 1. The summed E-state index contributed by atoms with van der Waals surface area (Å²) in [6.45, 7) is 4.44. The summed E-state index contributed by atoms with van der Waals surface area (Å²) in [6.07, 6.45) is 5.02. The van der Waals surface area contributed by atoms with Crippen LogP contribution in [0.3, 0.4) is 0 Å². The average molecular weight is 894 g/mol. The van der Waals surface area contributed by atoms with Crippen LogP contribution in [-0.2, 0) is 14.4 Å². The molecule has 63 heavy (non-hydrogen) atoms. The van der Waals surface area contributed by atoms with Gasteiger partial charge in [0.2, 0.25) is 17.7 Å². The summed E-state index contributed by atoms with van der Waals surface area (Å²) in [6, 6.07) is 11.0. The molecule has 6 heterocycles. The van der Waals surface area contributed by atoms with Crippen LogP contribution in [0.5, 0.6) is 11.5 Å². The Morgan fingerprint density at radius 2 is 1.67 bits per heavy atom. The zero-order valence-corrected chi connectivity index (χ0v) is 35.8. The van der Waals surface area contributed by atoms with E-state index in [9.17, 15) is 29.2 Å². The molecule has 19 heteroatoms. The van der Waals surface area contributed by atoms with E-state index in [4.69, 9.17) is 43.8 Å². The Labute approximate surface area is 372 Å². The largest absolute Gasteiger partial charge is 0.493 e. The molecule has 4 aliphatic heterocycles. The number of halogens is 2. The highest BCUT2D eigenvalue weighted by atomic mass is 35.5. The minimum Gasteiger partial charge on any atom is -0.493 e. The summed E-state index contributed by atoms with van der Waals surface area (Å²) in [5, 5.41) is 22.2. The zero-order valence-electron chi connectivity index (χ0n) is 34.3. The van der Waals surface area contributed by atoms with Gasteiger partial charge < -0.3 is 29.9 Å². The highest BCUT2D eigenvalue weighted by molar-refractivity contribution is 6.35. The van der Waals surface area contributed by atoms with Gasteiger partial charge in [0.1, 0.15) is 24.0 Å². The number of piperidine rings is 2. The number of rotatable bonds is 10. The van der Waals surface area contributed by atoms with E-state index in [1.165, 1.54) is 25.7 Å². The van der Waals surface area contributed by atoms with Crippen LogP contribution >= 0.6 is 23.2 Å². The number of nitrogens with zero attached hydrogens (tertiary/aromatic N) is 7. The molecule has 0 aliphatic carbocycles. The molecule has 0 spiro atoms. The number of nitrogens with two attached hydrogens (primary N) is 1. The first kappa shape index (κ1) is 42.9. The van der Waals surface area contributed by atoms with Gasteiger partial charge in [-0.25, -0.2) is 4.98 Å². The Morgan fingerprint density at radius 1 is 0.952 bits per heavy atom. The van der Waals surface area contributed by atoms with Crippen LogP contribution in [0.2, 0.25) is 10.0 Å². The second-order valence-corrected chi connectivity index (χ2v) is 16.5. The number of nitrogens with one attached hydrogen (secondary N) is 2. The fourth-order valence-electron chi connectivity index (χ4n) is 8.71. The summed E-state index contributed by atoms with van der Waals surface area (Å²) in [5.74, 6) is -1.37. The summed E-state index contributed by atoms with van der Waals surface area (Å²) >= 11 is 12.7. The zero-order chi connectivity index (χ0) is 44.7. The number of pyridine rings is 2. The SMILES string of the molecule is COc1cc(N)c(C(=N)c2cnc(N3CCN(C(=O)C4CCN(c5cccc6c5C(=O)N(C5CCC(=O)NC5=O)C6=O)CC4)CC3)c(C#N)c2)cc1O[C@H](C)c1c(Cl)cncc1Cl. The first-order chi connectivity index (χ1) is 30.3. The third-order valence-corrected chi connectivity index (χ3v) is 12.6. The maximum Gasteiger partial charge on any atom is 0.264 e. The lowest BCUT2D eigenvalue weighted by Gasteiger charge is -2.39. The molecule has 0 saturated carbocycles. The number of hydrogen-bond donors (Lipinski definition) is 3. The number of methoxy groups -OCH3 is 1. The standard InChI is InChI=1S/C44H42Cl2N10O7/c1-23(37-29(45)21-50-22-30(37)46)63-35-17-28(31(48)18-34(35)62-2)39(49)26-16-25(19-47)40(51-20-26)54-12-14-55(15-13-54)42(59)24-8-10-53(11-9-24)32-5-3-4-27-38(32)44(61)56(43(27)60)33-6-7-36(57)52-41(33)58/h3-5,16-18,20-24,33,49H,6-15,48H2,1-2H3,(H,52,57,58)/t23-,33?/m1/s1. The van der Waals surface area contributed by atoms with Crippen molar-refractivity contribution in [3.63, 3.8) is 0 Å². The number of carbonyl (C=O) groups excluding carboxylic acids is 5. The number of anilines is 3. The van der Waals surface area contributed by atoms with Gasteiger partial charge in [-0.05, 0) is 50.5 Å². The lowest BCUT2D eigenvalue weighted by molar-refractivity contribution is -0.137. The molecular weight excluding hydrogens is 851 g/mol. The molecule has 8 rings (SSSR count). The third kappa shape index (κ3) is 8.07. The summed E-state index contributed by atoms with van der Waals surface area (Å²) in [5.41, 5.74) is 9.16. The van der Waals surface area contributed by atoms with Crippen LogP contribution < -0.4 is 30.3 Å². The van der Waals surface area contributed by atoms with Crippen molar-refractivity contribution >= 4 is 75.6 Å². The highest BCUT2D eigenvalue weighted by Crippen LogP contribution is 2.40. The Balaban J connectivity index is 0.892. The number of nitrogen functional groups attached to an aromatic ring is 1. The minimum atomic E-state index is -1.06.